The molecule has 12 heteroatoms. The predicted molar refractivity (Wildman–Crippen MR) is 109 cm³/mol. The van der Waals surface area contributed by atoms with Gasteiger partial charge in [0.1, 0.15) is 0 Å². The molecule has 5 atom stereocenters. The number of ether oxygens (including phenoxy) is 1. The van der Waals surface area contributed by atoms with Gasteiger partial charge in [-0.1, -0.05) is 0 Å². The summed E-state index contributed by atoms with van der Waals surface area (Å²) in [5.41, 5.74) is 0.605. The number of aliphatic hydroxyl groups excluding tert-OH is 3. The second-order valence-corrected chi connectivity index (χ2v) is 9.57. The second-order valence-electron chi connectivity index (χ2n) is 7.33. The molecule has 3 aromatic rings. The molecule has 0 unspecified atom stereocenters. The molecule has 0 amide bonds. The van der Waals surface area contributed by atoms with Gasteiger partial charge in [0, 0.05) is 0 Å². The van der Waals surface area contributed by atoms with Gasteiger partial charge >= 0.3 is 192 Å². The number of carbonyl (C=O) groups excluding carboxylic acids is 1. The fourth-order valence-corrected chi connectivity index (χ4v) is 5.52. The molecule has 1 aliphatic rings. The fraction of sp³-hybridized carbons (Fsp3) is 0.286. The van der Waals surface area contributed by atoms with Gasteiger partial charge < -0.3 is 0 Å². The average molecular weight is 528 g/mol. The maximum absolute atomic E-state index is 13.5. The van der Waals surface area contributed by atoms with Crippen molar-refractivity contribution < 1.29 is 38.0 Å². The van der Waals surface area contributed by atoms with Crippen LogP contribution in [0.4, 0.5) is 13.2 Å². The zero-order valence-corrected chi connectivity index (χ0v) is 18.5. The Balaban J connectivity index is 1.59. The van der Waals surface area contributed by atoms with Gasteiger partial charge in [-0.15, -0.1) is 0 Å². The van der Waals surface area contributed by atoms with Crippen LogP contribution in [0.5, 0.6) is 0 Å². The summed E-state index contributed by atoms with van der Waals surface area (Å²) in [5.74, 6) is -2.76. The van der Waals surface area contributed by atoms with Crippen LogP contribution < -0.4 is 0 Å². The van der Waals surface area contributed by atoms with Crippen molar-refractivity contribution in [1.82, 2.24) is 15.0 Å². The van der Waals surface area contributed by atoms with Gasteiger partial charge in [-0.2, -0.15) is 0 Å². The van der Waals surface area contributed by atoms with Crippen molar-refractivity contribution in [2.75, 3.05) is 6.61 Å². The summed E-state index contributed by atoms with van der Waals surface area (Å²) in [6, 6.07) is 7.17. The number of hydrogen-bond donors (Lipinski definition) is 3. The van der Waals surface area contributed by atoms with Crippen molar-refractivity contribution in [1.29, 1.82) is 0 Å². The summed E-state index contributed by atoms with van der Waals surface area (Å²) < 4.78 is 46.4. The molecule has 0 saturated carbocycles. The molecule has 2 aromatic carbocycles. The van der Waals surface area contributed by atoms with Crippen LogP contribution in [0.2, 0.25) is 0 Å². The summed E-state index contributed by atoms with van der Waals surface area (Å²) >= 11 is -1.12. The number of aromatic nitrogens is 3. The third kappa shape index (κ3) is 4.86. The normalized spacial score (nSPS) is 25.2. The molecule has 0 radical (unpaired) electrons. The van der Waals surface area contributed by atoms with Gasteiger partial charge in [-0.3, -0.25) is 0 Å². The number of carbonyl (C=O) groups is 1. The standard InChI is InChI=1S/C21H18F3N3O5Se/c22-12-3-1-2-10(6-12)15-8-27(26-25-15)17-18(29)16(9-28)32-21(19(17)30)33-20(31)11-4-5-13(23)14(24)7-11/h1-8,16-19,21,28-30H,9H2/t16-,17+,18+,19-,21+/m1/s1. The van der Waals surface area contributed by atoms with E-state index in [0.29, 0.717) is 5.56 Å². The summed E-state index contributed by atoms with van der Waals surface area (Å²) in [6.07, 6.45) is -2.60. The van der Waals surface area contributed by atoms with E-state index in [2.05, 4.69) is 10.3 Å². The zero-order chi connectivity index (χ0) is 23.7. The van der Waals surface area contributed by atoms with E-state index in [1.165, 1.54) is 29.1 Å². The topological polar surface area (TPSA) is 118 Å². The molecule has 0 bridgehead atoms. The number of aliphatic hydroxyl groups is 3. The van der Waals surface area contributed by atoms with Crippen LogP contribution in [0.3, 0.4) is 0 Å². The van der Waals surface area contributed by atoms with E-state index in [1.807, 2.05) is 0 Å². The van der Waals surface area contributed by atoms with Crippen molar-refractivity contribution in [2.24, 2.45) is 0 Å². The first-order valence-corrected chi connectivity index (χ1v) is 11.6. The Morgan fingerprint density at radius 1 is 1.09 bits per heavy atom. The average Bonchev–Trinajstić information content (AvgIpc) is 3.27. The fourth-order valence-electron chi connectivity index (χ4n) is 3.48. The van der Waals surface area contributed by atoms with Crippen molar-refractivity contribution in [3.05, 3.63) is 71.7 Å². The Morgan fingerprint density at radius 2 is 1.88 bits per heavy atom. The molecule has 33 heavy (non-hydrogen) atoms. The van der Waals surface area contributed by atoms with Crippen LogP contribution in [0.25, 0.3) is 11.3 Å². The van der Waals surface area contributed by atoms with Crippen molar-refractivity contribution in [3.63, 3.8) is 0 Å². The monoisotopic (exact) mass is 529 g/mol. The molecule has 4 rings (SSSR count). The molecule has 1 aromatic heterocycles. The molecule has 1 saturated heterocycles. The van der Waals surface area contributed by atoms with Crippen LogP contribution >= 0.6 is 0 Å². The number of hydrogen-bond acceptors (Lipinski definition) is 7. The minimum absolute atomic E-state index is 0.0953. The molecule has 0 spiro atoms. The summed E-state index contributed by atoms with van der Waals surface area (Å²) in [4.78, 5) is 12.6. The summed E-state index contributed by atoms with van der Waals surface area (Å²) in [6.45, 7) is -0.609. The van der Waals surface area contributed by atoms with E-state index in [1.54, 1.807) is 6.07 Å². The van der Waals surface area contributed by atoms with Gasteiger partial charge in [0.05, 0.1) is 0 Å². The molecule has 2 heterocycles. The number of rotatable bonds is 6. The van der Waals surface area contributed by atoms with Gasteiger partial charge in [-0.05, 0) is 0 Å². The van der Waals surface area contributed by atoms with Gasteiger partial charge in [-0.25, -0.2) is 0 Å². The third-order valence-electron chi connectivity index (χ3n) is 5.16. The summed E-state index contributed by atoms with van der Waals surface area (Å²) in [5, 5.41) is 37.9. The second kappa shape index (κ2) is 9.72. The Bertz CT molecular complexity index is 1160. The first-order chi connectivity index (χ1) is 15.8. The van der Waals surface area contributed by atoms with Gasteiger partial charge in [0.2, 0.25) is 0 Å². The Hall–Kier alpha value is -2.60. The molecule has 3 N–H and O–H groups in total. The van der Waals surface area contributed by atoms with Crippen molar-refractivity contribution in [3.8, 4) is 11.3 Å². The molecule has 1 aliphatic heterocycles. The molecule has 174 valence electrons. The van der Waals surface area contributed by atoms with Crippen LogP contribution in [0.15, 0.2) is 48.7 Å². The van der Waals surface area contributed by atoms with Crippen LogP contribution in [-0.4, -0.2) is 79.9 Å². The maximum atomic E-state index is 13.5. The number of benzene rings is 2. The quantitative estimate of drug-likeness (QED) is 0.407. The van der Waals surface area contributed by atoms with E-state index < -0.39 is 73.1 Å². The Morgan fingerprint density at radius 3 is 2.58 bits per heavy atom. The number of nitrogens with zero attached hydrogens (tertiary/aromatic N) is 3. The van der Waals surface area contributed by atoms with E-state index in [-0.39, 0.29) is 11.3 Å². The Labute approximate surface area is 191 Å². The first kappa shape index (κ1) is 23.6. The van der Waals surface area contributed by atoms with Crippen molar-refractivity contribution in [2.45, 2.75) is 29.4 Å². The van der Waals surface area contributed by atoms with Crippen LogP contribution in [-0.2, 0) is 4.74 Å². The molecule has 1 fully saturated rings. The van der Waals surface area contributed by atoms with Crippen molar-refractivity contribution >= 4 is 19.6 Å². The predicted octanol–water partition coefficient (Wildman–Crippen LogP) is 0.887. The van der Waals surface area contributed by atoms with E-state index >= 15 is 0 Å². The summed E-state index contributed by atoms with van der Waals surface area (Å²) in [7, 11) is 0. The SMILES string of the molecule is O=C([Se][C@@H]1O[C@H](CO)[C@H](O)[C@H](n2cc(-c3cccc(F)c3)nn2)[C@H]1O)c1ccc(F)c(F)c1. The van der Waals surface area contributed by atoms with Crippen LogP contribution in [0.1, 0.15) is 16.4 Å². The minimum atomic E-state index is -1.45. The third-order valence-corrected chi connectivity index (χ3v) is 7.41. The van der Waals surface area contributed by atoms with E-state index in [0.717, 1.165) is 18.2 Å². The molecular weight excluding hydrogens is 510 g/mol. The first-order valence-electron chi connectivity index (χ1n) is 9.74. The van der Waals surface area contributed by atoms with E-state index in [9.17, 15) is 33.3 Å². The molecule has 0 aliphatic carbocycles. The van der Waals surface area contributed by atoms with Crippen LogP contribution in [0, 0.1) is 17.5 Å². The molecular formula is C21H18F3N3O5Se. The van der Waals surface area contributed by atoms with Gasteiger partial charge in [0.25, 0.3) is 0 Å². The molecule has 8 nitrogen and oxygen atoms in total. The van der Waals surface area contributed by atoms with E-state index in [4.69, 9.17) is 4.74 Å². The number of halogens is 3. The van der Waals surface area contributed by atoms with Gasteiger partial charge in [0.15, 0.2) is 0 Å². The zero-order valence-electron chi connectivity index (χ0n) is 16.8. The Kier molecular flexibility index (Phi) is 6.94.